The van der Waals surface area contributed by atoms with Gasteiger partial charge in [0.05, 0.1) is 5.33 Å². The van der Waals surface area contributed by atoms with Crippen LogP contribution >= 0.6 is 15.9 Å². The largest absolute Gasteiger partial charge is 0.471 e. The predicted octanol–water partition coefficient (Wildman–Crippen LogP) is 1.89. The fourth-order valence-electron chi connectivity index (χ4n) is 1.82. The second-order valence-electron chi connectivity index (χ2n) is 3.80. The number of Topliss-reactive ketones (excluding diaryl/α,β-unsaturated/α-hetero) is 1. The lowest BCUT2D eigenvalue weighted by Gasteiger charge is -2.47. The molecule has 7 heteroatoms. The summed E-state index contributed by atoms with van der Waals surface area (Å²) >= 11 is 2.92. The highest BCUT2D eigenvalue weighted by Gasteiger charge is 2.54. The maximum absolute atomic E-state index is 12.2. The number of halogens is 4. The van der Waals surface area contributed by atoms with Gasteiger partial charge in [0.2, 0.25) is 0 Å². The van der Waals surface area contributed by atoms with Gasteiger partial charge in [-0.25, -0.2) is 0 Å². The molecule has 16 heavy (non-hydrogen) atoms. The van der Waals surface area contributed by atoms with E-state index in [4.69, 9.17) is 0 Å². The summed E-state index contributed by atoms with van der Waals surface area (Å²) in [6.45, 7) is 0. The molecule has 0 N–H and O–H groups in total. The van der Waals surface area contributed by atoms with Gasteiger partial charge in [-0.2, -0.15) is 13.2 Å². The zero-order valence-electron chi connectivity index (χ0n) is 8.60. The molecule has 0 aromatic rings. The fourth-order valence-corrected chi connectivity index (χ4v) is 2.34. The van der Waals surface area contributed by atoms with Gasteiger partial charge in [0.1, 0.15) is 5.54 Å². The van der Waals surface area contributed by atoms with E-state index in [9.17, 15) is 22.8 Å². The van der Waals surface area contributed by atoms with Crippen molar-refractivity contribution < 1.29 is 22.8 Å². The monoisotopic (exact) mass is 301 g/mol. The number of rotatable bonds is 3. The first-order chi connectivity index (χ1) is 7.25. The van der Waals surface area contributed by atoms with Crippen LogP contribution in [0.2, 0.25) is 0 Å². The average molecular weight is 302 g/mol. The molecule has 0 heterocycles. The van der Waals surface area contributed by atoms with Crippen LogP contribution in [0.15, 0.2) is 0 Å². The van der Waals surface area contributed by atoms with Gasteiger partial charge in [0.25, 0.3) is 0 Å². The molecular weight excluding hydrogens is 291 g/mol. The van der Waals surface area contributed by atoms with E-state index in [1.165, 1.54) is 0 Å². The zero-order valence-corrected chi connectivity index (χ0v) is 10.2. The smallest absolute Gasteiger partial charge is 0.325 e. The topological polar surface area (TPSA) is 37.4 Å². The highest BCUT2D eigenvalue weighted by molar-refractivity contribution is 9.09. The number of hydrogen-bond donors (Lipinski definition) is 0. The van der Waals surface area contributed by atoms with E-state index in [1.54, 1.807) is 0 Å². The molecule has 1 rings (SSSR count). The van der Waals surface area contributed by atoms with Crippen molar-refractivity contribution in [2.45, 2.75) is 31.0 Å². The van der Waals surface area contributed by atoms with Crippen LogP contribution < -0.4 is 0 Å². The summed E-state index contributed by atoms with van der Waals surface area (Å²) < 4.78 is 36.7. The van der Waals surface area contributed by atoms with Gasteiger partial charge in [-0.1, -0.05) is 15.9 Å². The van der Waals surface area contributed by atoms with Crippen molar-refractivity contribution >= 4 is 27.6 Å². The van der Waals surface area contributed by atoms with Crippen molar-refractivity contribution in [2.24, 2.45) is 0 Å². The Balaban J connectivity index is 2.90. The van der Waals surface area contributed by atoms with E-state index in [0.29, 0.717) is 24.2 Å². The number of nitrogens with zero attached hydrogens (tertiary/aromatic N) is 1. The average Bonchev–Trinajstić information content (AvgIpc) is 2.12. The number of ketones is 1. The molecule has 1 saturated carbocycles. The number of amides is 1. The van der Waals surface area contributed by atoms with Gasteiger partial charge in [0, 0.05) is 7.05 Å². The van der Waals surface area contributed by atoms with E-state index >= 15 is 0 Å². The molecule has 1 amide bonds. The Bertz CT molecular complexity index is 312. The maximum Gasteiger partial charge on any atom is 0.471 e. The van der Waals surface area contributed by atoms with Gasteiger partial charge in [-0.05, 0) is 19.3 Å². The van der Waals surface area contributed by atoms with Crippen molar-refractivity contribution in [3.8, 4) is 0 Å². The molecule has 0 unspecified atom stereocenters. The van der Waals surface area contributed by atoms with Gasteiger partial charge in [0.15, 0.2) is 5.78 Å². The van der Waals surface area contributed by atoms with E-state index in [1.807, 2.05) is 0 Å². The Morgan fingerprint density at radius 1 is 1.38 bits per heavy atom. The minimum absolute atomic E-state index is 0.0392. The molecule has 0 atom stereocenters. The Kier molecular flexibility index (Phi) is 3.66. The summed E-state index contributed by atoms with van der Waals surface area (Å²) in [7, 11) is 1.04. The molecular formula is C9H11BrF3NO2. The maximum atomic E-state index is 12.2. The van der Waals surface area contributed by atoms with Crippen molar-refractivity contribution in [3.63, 3.8) is 0 Å². The third-order valence-electron chi connectivity index (χ3n) is 3.01. The second-order valence-corrected chi connectivity index (χ2v) is 4.36. The van der Waals surface area contributed by atoms with Crippen molar-refractivity contribution in [3.05, 3.63) is 0 Å². The third kappa shape index (κ3) is 2.09. The van der Waals surface area contributed by atoms with Crippen LogP contribution in [-0.4, -0.2) is 40.7 Å². The van der Waals surface area contributed by atoms with E-state index in [0.717, 1.165) is 7.05 Å². The Hall–Kier alpha value is -0.590. The Morgan fingerprint density at radius 2 is 1.88 bits per heavy atom. The van der Waals surface area contributed by atoms with Crippen LogP contribution in [-0.2, 0) is 9.59 Å². The van der Waals surface area contributed by atoms with Crippen LogP contribution in [0.4, 0.5) is 13.2 Å². The molecule has 0 bridgehead atoms. The van der Waals surface area contributed by atoms with Crippen LogP contribution in [0, 0.1) is 0 Å². The summed E-state index contributed by atoms with van der Waals surface area (Å²) in [4.78, 5) is 23.2. The molecule has 1 fully saturated rings. The molecule has 0 saturated heterocycles. The minimum atomic E-state index is -4.93. The van der Waals surface area contributed by atoms with Crippen LogP contribution in [0.5, 0.6) is 0 Å². The summed E-state index contributed by atoms with van der Waals surface area (Å²) in [5.74, 6) is -2.33. The second kappa shape index (κ2) is 4.35. The normalized spacial score (nSPS) is 18.8. The van der Waals surface area contributed by atoms with Crippen LogP contribution in [0.1, 0.15) is 19.3 Å². The van der Waals surface area contributed by atoms with E-state index < -0.39 is 17.6 Å². The first-order valence-corrected chi connectivity index (χ1v) is 5.82. The lowest BCUT2D eigenvalue weighted by molar-refractivity contribution is -0.193. The lowest BCUT2D eigenvalue weighted by atomic mass is 9.72. The van der Waals surface area contributed by atoms with Crippen LogP contribution in [0.3, 0.4) is 0 Å². The van der Waals surface area contributed by atoms with Gasteiger partial charge in [-0.3, -0.25) is 9.59 Å². The third-order valence-corrected chi connectivity index (χ3v) is 3.52. The van der Waals surface area contributed by atoms with Gasteiger partial charge < -0.3 is 4.90 Å². The Morgan fingerprint density at radius 3 is 2.12 bits per heavy atom. The number of carbonyl (C=O) groups excluding carboxylic acids is 2. The highest BCUT2D eigenvalue weighted by Crippen LogP contribution is 2.39. The molecule has 0 aliphatic heterocycles. The van der Waals surface area contributed by atoms with Gasteiger partial charge >= 0.3 is 12.1 Å². The van der Waals surface area contributed by atoms with Crippen LogP contribution in [0.25, 0.3) is 0 Å². The molecule has 0 aromatic heterocycles. The van der Waals surface area contributed by atoms with Crippen molar-refractivity contribution in [1.29, 1.82) is 0 Å². The standard InChI is InChI=1S/C9H11BrF3NO2/c1-14(7(16)9(11,12)13)8(3-2-4-8)6(15)5-10/h2-5H2,1H3. The quantitative estimate of drug-likeness (QED) is 0.747. The predicted molar refractivity (Wildman–Crippen MR) is 54.2 cm³/mol. The van der Waals surface area contributed by atoms with E-state index in [-0.39, 0.29) is 11.1 Å². The SMILES string of the molecule is CN(C(=O)C(F)(F)F)C1(C(=O)CBr)CCC1. The van der Waals surface area contributed by atoms with E-state index in [2.05, 4.69) is 15.9 Å². The number of carbonyl (C=O) groups is 2. The van der Waals surface area contributed by atoms with Gasteiger partial charge in [-0.15, -0.1) is 0 Å². The molecule has 1 aliphatic rings. The number of likely N-dealkylation sites (N-methyl/N-ethyl adjacent to an activating group) is 1. The number of alkyl halides is 4. The molecule has 3 nitrogen and oxygen atoms in total. The molecule has 92 valence electrons. The Labute approximate surface area is 99.1 Å². The summed E-state index contributed by atoms with van der Waals surface area (Å²) in [6.07, 6.45) is -3.66. The fraction of sp³-hybridized carbons (Fsp3) is 0.778. The minimum Gasteiger partial charge on any atom is -0.325 e. The molecule has 0 aromatic carbocycles. The summed E-state index contributed by atoms with van der Waals surface area (Å²) in [6, 6.07) is 0. The first kappa shape index (κ1) is 13.5. The molecule has 1 aliphatic carbocycles. The number of hydrogen-bond acceptors (Lipinski definition) is 2. The van der Waals surface area contributed by atoms with Crippen molar-refractivity contribution in [1.82, 2.24) is 4.90 Å². The lowest BCUT2D eigenvalue weighted by Crippen LogP contribution is -2.62. The summed E-state index contributed by atoms with van der Waals surface area (Å²) in [5.41, 5.74) is -1.25. The first-order valence-electron chi connectivity index (χ1n) is 4.70. The molecule has 0 radical (unpaired) electrons. The van der Waals surface area contributed by atoms with Crippen molar-refractivity contribution in [2.75, 3.05) is 12.4 Å². The molecule has 0 spiro atoms. The highest BCUT2D eigenvalue weighted by atomic mass is 79.9. The zero-order chi connectivity index (χ0) is 12.6. The summed E-state index contributed by atoms with van der Waals surface area (Å²) in [5, 5.41) is -0.0392.